The van der Waals surface area contributed by atoms with E-state index in [1.54, 1.807) is 0 Å². The number of ether oxygens (including phenoxy) is 1. The molecular weight excluding hydrogens is 413 g/mol. The third-order valence-corrected chi connectivity index (χ3v) is 5.54. The first-order valence-electron chi connectivity index (χ1n) is 9.83. The molecule has 0 bridgehead atoms. The molecule has 1 saturated carbocycles. The predicted molar refractivity (Wildman–Crippen MR) is 96.8 cm³/mol. The molecular formula is C22H21F7O. The first kappa shape index (κ1) is 22.4. The van der Waals surface area contributed by atoms with Crippen molar-refractivity contribution in [2.75, 3.05) is 0 Å². The average molecular weight is 434 g/mol. The fourth-order valence-electron chi connectivity index (χ4n) is 4.03. The van der Waals surface area contributed by atoms with Crippen LogP contribution in [0.15, 0.2) is 24.3 Å². The molecule has 0 radical (unpaired) electrons. The van der Waals surface area contributed by atoms with E-state index in [9.17, 15) is 30.7 Å². The molecule has 2 aromatic rings. The van der Waals surface area contributed by atoms with Crippen molar-refractivity contribution in [3.63, 3.8) is 0 Å². The van der Waals surface area contributed by atoms with Crippen LogP contribution in [0.4, 0.5) is 30.7 Å². The Bertz CT molecular complexity index is 866. The van der Waals surface area contributed by atoms with Crippen LogP contribution in [-0.2, 0) is 6.11 Å². The minimum absolute atomic E-state index is 0.125. The molecule has 0 aliphatic heterocycles. The Balaban J connectivity index is 1.82. The lowest BCUT2D eigenvalue weighted by Gasteiger charge is -2.21. The maximum Gasteiger partial charge on any atom is 0.432 e. The van der Waals surface area contributed by atoms with Crippen molar-refractivity contribution in [1.82, 2.24) is 0 Å². The van der Waals surface area contributed by atoms with Gasteiger partial charge in [0.1, 0.15) is 22.9 Å². The summed E-state index contributed by atoms with van der Waals surface area (Å²) in [5.41, 5.74) is -1.38. The molecule has 2 atom stereocenters. The molecule has 0 spiro atoms. The third kappa shape index (κ3) is 4.73. The highest BCUT2D eigenvalue weighted by atomic mass is 19.3. The Kier molecular flexibility index (Phi) is 6.62. The molecule has 1 fully saturated rings. The monoisotopic (exact) mass is 434 g/mol. The van der Waals surface area contributed by atoms with E-state index in [-0.39, 0.29) is 18.1 Å². The molecule has 0 saturated heterocycles. The van der Waals surface area contributed by atoms with E-state index in [1.807, 2.05) is 0 Å². The number of hydrogen-bond acceptors (Lipinski definition) is 1. The van der Waals surface area contributed by atoms with Crippen LogP contribution in [0.2, 0.25) is 0 Å². The standard InChI is InChI=1S/C22H21F7O/c1-2-3-4-12-5-6-13(7-12)14-8-16(23)20(17(24)9-14)22(28,29)30-15-10-18(25)21(27)19(26)11-15/h8-13H,2-7H2,1H3. The maximum atomic E-state index is 14.5. The number of halogens is 7. The third-order valence-electron chi connectivity index (χ3n) is 5.54. The van der Waals surface area contributed by atoms with Gasteiger partial charge in [0.25, 0.3) is 0 Å². The SMILES string of the molecule is CCCCC1CCC(c2cc(F)c(C(F)(F)Oc3cc(F)c(F)c(F)c3)c(F)c2)C1. The number of alkyl halides is 2. The van der Waals surface area contributed by atoms with Crippen LogP contribution in [0.3, 0.4) is 0 Å². The molecule has 0 heterocycles. The van der Waals surface area contributed by atoms with Gasteiger partial charge >= 0.3 is 6.11 Å². The zero-order chi connectivity index (χ0) is 22.1. The number of unbranched alkanes of at least 4 members (excludes halogenated alkanes) is 1. The quantitative estimate of drug-likeness (QED) is 0.322. The van der Waals surface area contributed by atoms with Crippen LogP contribution in [0.25, 0.3) is 0 Å². The molecule has 0 aromatic heterocycles. The van der Waals surface area contributed by atoms with E-state index in [0.717, 1.165) is 44.2 Å². The predicted octanol–water partition coefficient (Wildman–Crippen LogP) is 7.58. The van der Waals surface area contributed by atoms with Crippen LogP contribution in [0, 0.1) is 35.0 Å². The highest BCUT2D eigenvalue weighted by molar-refractivity contribution is 5.33. The van der Waals surface area contributed by atoms with Crippen molar-refractivity contribution in [3.05, 3.63) is 64.5 Å². The molecule has 2 aromatic carbocycles. The average Bonchev–Trinajstić information content (AvgIpc) is 3.12. The minimum atomic E-state index is -4.57. The Morgan fingerprint density at radius 3 is 2.07 bits per heavy atom. The minimum Gasteiger partial charge on any atom is -0.429 e. The topological polar surface area (TPSA) is 9.23 Å². The zero-order valence-corrected chi connectivity index (χ0v) is 16.3. The molecule has 1 aliphatic carbocycles. The first-order valence-corrected chi connectivity index (χ1v) is 9.83. The van der Waals surface area contributed by atoms with E-state index in [4.69, 9.17) is 0 Å². The number of rotatable bonds is 7. The lowest BCUT2D eigenvalue weighted by molar-refractivity contribution is -0.189. The van der Waals surface area contributed by atoms with E-state index in [0.29, 0.717) is 17.9 Å². The van der Waals surface area contributed by atoms with E-state index >= 15 is 0 Å². The smallest absolute Gasteiger partial charge is 0.429 e. The molecule has 1 aliphatic rings. The molecule has 30 heavy (non-hydrogen) atoms. The molecule has 0 amide bonds. The Morgan fingerprint density at radius 1 is 0.900 bits per heavy atom. The second-order valence-electron chi connectivity index (χ2n) is 7.70. The van der Waals surface area contributed by atoms with Crippen LogP contribution in [0.5, 0.6) is 5.75 Å². The summed E-state index contributed by atoms with van der Waals surface area (Å²) in [7, 11) is 0. The van der Waals surface area contributed by atoms with Gasteiger partial charge in [0.2, 0.25) is 0 Å². The van der Waals surface area contributed by atoms with Crippen molar-refractivity contribution in [2.45, 2.75) is 57.5 Å². The highest BCUT2D eigenvalue weighted by Gasteiger charge is 2.42. The van der Waals surface area contributed by atoms with E-state index in [1.165, 1.54) is 0 Å². The summed E-state index contributed by atoms with van der Waals surface area (Å²) in [5.74, 6) is -9.24. The molecule has 3 rings (SSSR count). The van der Waals surface area contributed by atoms with Gasteiger partial charge in [-0.1, -0.05) is 26.2 Å². The molecule has 1 nitrogen and oxygen atoms in total. The molecule has 164 valence electrons. The lowest BCUT2D eigenvalue weighted by Crippen LogP contribution is -2.25. The summed E-state index contributed by atoms with van der Waals surface area (Å²) in [6.07, 6.45) is 0.933. The van der Waals surface area contributed by atoms with Gasteiger partial charge in [0, 0.05) is 12.1 Å². The summed E-state index contributed by atoms with van der Waals surface area (Å²) in [6, 6.07) is 2.06. The van der Waals surface area contributed by atoms with Gasteiger partial charge in [0.15, 0.2) is 17.5 Å². The van der Waals surface area contributed by atoms with Crippen LogP contribution >= 0.6 is 0 Å². The molecule has 0 N–H and O–H groups in total. The summed E-state index contributed by atoms with van der Waals surface area (Å²) >= 11 is 0. The van der Waals surface area contributed by atoms with Crippen LogP contribution in [0.1, 0.15) is 62.5 Å². The first-order chi connectivity index (χ1) is 14.1. The van der Waals surface area contributed by atoms with Crippen molar-refractivity contribution in [3.8, 4) is 5.75 Å². The number of benzene rings is 2. The zero-order valence-electron chi connectivity index (χ0n) is 16.3. The second-order valence-corrected chi connectivity index (χ2v) is 7.70. The van der Waals surface area contributed by atoms with Gasteiger partial charge in [0.05, 0.1) is 0 Å². The Labute approximate surface area is 169 Å². The van der Waals surface area contributed by atoms with Gasteiger partial charge in [-0.05, 0) is 48.8 Å². The summed E-state index contributed by atoms with van der Waals surface area (Å²) in [6.45, 7) is 2.08. The Morgan fingerprint density at radius 2 is 1.50 bits per heavy atom. The summed E-state index contributed by atoms with van der Waals surface area (Å²) in [5, 5.41) is 0. The van der Waals surface area contributed by atoms with Crippen molar-refractivity contribution in [2.24, 2.45) is 5.92 Å². The van der Waals surface area contributed by atoms with Crippen molar-refractivity contribution in [1.29, 1.82) is 0 Å². The molecule has 2 unspecified atom stereocenters. The maximum absolute atomic E-state index is 14.5. The van der Waals surface area contributed by atoms with Crippen LogP contribution in [-0.4, -0.2) is 0 Å². The van der Waals surface area contributed by atoms with Gasteiger partial charge in [-0.25, -0.2) is 22.0 Å². The van der Waals surface area contributed by atoms with Gasteiger partial charge < -0.3 is 4.74 Å². The van der Waals surface area contributed by atoms with E-state index < -0.39 is 46.5 Å². The largest absolute Gasteiger partial charge is 0.432 e. The highest BCUT2D eigenvalue weighted by Crippen LogP contribution is 2.43. The Hall–Kier alpha value is -2.25. The van der Waals surface area contributed by atoms with Gasteiger partial charge in [-0.2, -0.15) is 8.78 Å². The fourth-order valence-corrected chi connectivity index (χ4v) is 4.03. The number of hydrogen-bond donors (Lipinski definition) is 0. The second kappa shape index (κ2) is 8.86. The fraction of sp³-hybridized carbons (Fsp3) is 0.455. The summed E-state index contributed by atoms with van der Waals surface area (Å²) in [4.78, 5) is 0. The lowest BCUT2D eigenvalue weighted by atomic mass is 9.93. The van der Waals surface area contributed by atoms with E-state index in [2.05, 4.69) is 11.7 Å². The molecule has 8 heteroatoms. The van der Waals surface area contributed by atoms with Crippen LogP contribution < -0.4 is 4.74 Å². The summed E-state index contributed by atoms with van der Waals surface area (Å²) < 4.78 is 101. The van der Waals surface area contributed by atoms with Crippen molar-refractivity contribution >= 4 is 0 Å². The van der Waals surface area contributed by atoms with Gasteiger partial charge in [-0.15, -0.1) is 0 Å². The van der Waals surface area contributed by atoms with Crippen molar-refractivity contribution < 1.29 is 35.5 Å². The van der Waals surface area contributed by atoms with Gasteiger partial charge in [-0.3, -0.25) is 0 Å². The normalized spacial score (nSPS) is 19.3.